The lowest BCUT2D eigenvalue weighted by molar-refractivity contribution is 0.165. The molecule has 0 amide bonds. The molecule has 1 saturated carbocycles. The van der Waals surface area contributed by atoms with Crippen molar-refractivity contribution in [2.45, 2.75) is 83.1 Å². The van der Waals surface area contributed by atoms with E-state index in [9.17, 15) is 14.0 Å². The van der Waals surface area contributed by atoms with Gasteiger partial charge in [0.25, 0.3) is 0 Å². The van der Waals surface area contributed by atoms with Crippen molar-refractivity contribution in [3.05, 3.63) is 71.3 Å². The van der Waals surface area contributed by atoms with E-state index in [1.807, 2.05) is 6.07 Å². The van der Waals surface area contributed by atoms with Gasteiger partial charge in [-0.05, 0) is 75.1 Å². The molecular weight excluding hydrogens is 414 g/mol. The van der Waals surface area contributed by atoms with Gasteiger partial charge < -0.3 is 4.90 Å². The van der Waals surface area contributed by atoms with E-state index in [1.54, 1.807) is 0 Å². The van der Waals surface area contributed by atoms with Crippen molar-refractivity contribution < 1.29 is 8.78 Å². The average Bonchev–Trinajstić information content (AvgIpc) is 3.37. The molecule has 0 aromatic heterocycles. The van der Waals surface area contributed by atoms with E-state index < -0.39 is 17.0 Å². The maximum atomic E-state index is 15.0. The number of halogens is 2. The molecule has 2 atom stereocenters. The van der Waals surface area contributed by atoms with Crippen LogP contribution in [0, 0.1) is 28.9 Å². The van der Waals surface area contributed by atoms with Crippen LogP contribution in [0.3, 0.4) is 0 Å². The van der Waals surface area contributed by atoms with Crippen LogP contribution in [0.25, 0.3) is 0 Å². The van der Waals surface area contributed by atoms with Gasteiger partial charge in [-0.25, -0.2) is 8.78 Å². The third-order valence-corrected chi connectivity index (χ3v) is 7.56. The topological polar surface area (TPSA) is 27.0 Å². The minimum atomic E-state index is -1.10. The summed E-state index contributed by atoms with van der Waals surface area (Å²) in [6, 6.07) is 17.3. The summed E-state index contributed by atoms with van der Waals surface area (Å²) in [6.45, 7) is 6.31. The third-order valence-electron chi connectivity index (χ3n) is 7.56. The van der Waals surface area contributed by atoms with Crippen LogP contribution in [0.4, 0.5) is 8.78 Å². The van der Waals surface area contributed by atoms with E-state index in [0.29, 0.717) is 6.42 Å². The standard InChI is InChI=1S/C29H38F2N2/c1-3-20-33(21-18-23-11-6-5-7-12-23)25(4-2)17-19-29(22-32,24-13-8-9-14-24)28-26(30)15-10-16-27(28)31/h5-7,10-12,15-16,24-25H,3-4,8-9,13-14,17-21H2,1-2H3. The number of hydrogen-bond donors (Lipinski definition) is 0. The van der Waals surface area contributed by atoms with Gasteiger partial charge in [0.2, 0.25) is 0 Å². The lowest BCUT2D eigenvalue weighted by Gasteiger charge is -2.37. The Labute approximate surface area is 198 Å². The molecule has 0 N–H and O–H groups in total. The van der Waals surface area contributed by atoms with Gasteiger partial charge in [0.15, 0.2) is 0 Å². The fourth-order valence-electron chi connectivity index (χ4n) is 5.80. The predicted molar refractivity (Wildman–Crippen MR) is 131 cm³/mol. The summed E-state index contributed by atoms with van der Waals surface area (Å²) in [6.07, 6.45) is 8.04. The van der Waals surface area contributed by atoms with Gasteiger partial charge in [0.05, 0.1) is 11.5 Å². The Morgan fingerprint density at radius 3 is 2.24 bits per heavy atom. The molecule has 0 bridgehead atoms. The third kappa shape index (κ3) is 6.01. The molecule has 0 radical (unpaired) electrons. The van der Waals surface area contributed by atoms with E-state index >= 15 is 0 Å². The molecule has 178 valence electrons. The van der Waals surface area contributed by atoms with Crippen molar-refractivity contribution in [2.24, 2.45) is 5.92 Å². The maximum absolute atomic E-state index is 15.0. The summed E-state index contributed by atoms with van der Waals surface area (Å²) in [5.41, 5.74) is 0.219. The zero-order chi connectivity index (χ0) is 23.7. The first-order chi connectivity index (χ1) is 16.1. The molecule has 2 nitrogen and oxygen atoms in total. The first kappa shape index (κ1) is 25.4. The Hall–Kier alpha value is -2.25. The largest absolute Gasteiger partial charge is 0.300 e. The lowest BCUT2D eigenvalue weighted by atomic mass is 9.66. The van der Waals surface area contributed by atoms with Crippen LogP contribution in [-0.4, -0.2) is 24.0 Å². The second kappa shape index (κ2) is 12.3. The molecule has 0 heterocycles. The molecule has 1 fully saturated rings. The average molecular weight is 453 g/mol. The maximum Gasteiger partial charge on any atom is 0.130 e. The minimum Gasteiger partial charge on any atom is -0.300 e. The van der Waals surface area contributed by atoms with Crippen LogP contribution < -0.4 is 0 Å². The summed E-state index contributed by atoms with van der Waals surface area (Å²) in [5, 5.41) is 10.4. The molecule has 33 heavy (non-hydrogen) atoms. The SMILES string of the molecule is CCCN(CCc1ccccc1)C(CC)CCC(C#N)(c1c(F)cccc1F)C1CCCC1. The van der Waals surface area contributed by atoms with Crippen molar-refractivity contribution in [3.8, 4) is 6.07 Å². The van der Waals surface area contributed by atoms with Crippen LogP contribution in [0.2, 0.25) is 0 Å². The molecule has 2 unspecified atom stereocenters. The summed E-state index contributed by atoms with van der Waals surface area (Å²) in [4.78, 5) is 2.52. The predicted octanol–water partition coefficient (Wildman–Crippen LogP) is 7.43. The first-order valence-corrected chi connectivity index (χ1v) is 12.7. The zero-order valence-corrected chi connectivity index (χ0v) is 20.2. The monoisotopic (exact) mass is 452 g/mol. The van der Waals surface area contributed by atoms with E-state index in [1.165, 1.54) is 23.8 Å². The highest BCUT2D eigenvalue weighted by molar-refractivity contribution is 5.36. The molecule has 0 saturated heterocycles. The summed E-state index contributed by atoms with van der Waals surface area (Å²) < 4.78 is 30.0. The normalized spacial score (nSPS) is 17.1. The van der Waals surface area contributed by atoms with Gasteiger partial charge in [-0.15, -0.1) is 0 Å². The lowest BCUT2D eigenvalue weighted by Crippen LogP contribution is -2.41. The summed E-state index contributed by atoms with van der Waals surface area (Å²) >= 11 is 0. The molecule has 1 aliphatic rings. The second-order valence-electron chi connectivity index (χ2n) is 9.53. The Balaban J connectivity index is 1.83. The molecule has 0 spiro atoms. The highest BCUT2D eigenvalue weighted by atomic mass is 19.1. The van der Waals surface area contributed by atoms with Gasteiger partial charge in [-0.1, -0.05) is 63.1 Å². The van der Waals surface area contributed by atoms with Crippen molar-refractivity contribution >= 4 is 0 Å². The van der Waals surface area contributed by atoms with Gasteiger partial charge in [0, 0.05) is 18.2 Å². The van der Waals surface area contributed by atoms with Crippen LogP contribution in [0.15, 0.2) is 48.5 Å². The molecule has 0 aliphatic heterocycles. The highest BCUT2D eigenvalue weighted by Crippen LogP contribution is 2.47. The number of nitriles is 1. The molecular formula is C29H38F2N2. The Kier molecular flexibility index (Phi) is 9.44. The van der Waals surface area contributed by atoms with Gasteiger partial charge in [-0.2, -0.15) is 5.26 Å². The number of rotatable bonds is 12. The van der Waals surface area contributed by atoms with Crippen LogP contribution in [-0.2, 0) is 11.8 Å². The molecule has 4 heteroatoms. The van der Waals surface area contributed by atoms with E-state index in [0.717, 1.165) is 64.5 Å². The fourth-order valence-corrected chi connectivity index (χ4v) is 5.80. The summed E-state index contributed by atoms with van der Waals surface area (Å²) in [5.74, 6) is -1.15. The highest BCUT2D eigenvalue weighted by Gasteiger charge is 2.45. The van der Waals surface area contributed by atoms with E-state index in [2.05, 4.69) is 49.1 Å². The number of nitrogens with zero attached hydrogens (tertiary/aromatic N) is 2. The Morgan fingerprint density at radius 1 is 1.00 bits per heavy atom. The van der Waals surface area contributed by atoms with Crippen LogP contribution in [0.1, 0.15) is 76.3 Å². The van der Waals surface area contributed by atoms with Crippen molar-refractivity contribution in [1.82, 2.24) is 4.90 Å². The molecule has 1 aliphatic carbocycles. The van der Waals surface area contributed by atoms with Crippen molar-refractivity contribution in [2.75, 3.05) is 13.1 Å². The second-order valence-corrected chi connectivity index (χ2v) is 9.53. The van der Waals surface area contributed by atoms with Gasteiger partial charge >= 0.3 is 0 Å². The number of benzene rings is 2. The van der Waals surface area contributed by atoms with E-state index in [-0.39, 0.29) is 17.5 Å². The zero-order valence-electron chi connectivity index (χ0n) is 20.2. The molecule has 2 aromatic carbocycles. The van der Waals surface area contributed by atoms with Gasteiger partial charge in [-0.3, -0.25) is 0 Å². The first-order valence-electron chi connectivity index (χ1n) is 12.7. The quantitative estimate of drug-likeness (QED) is 0.335. The van der Waals surface area contributed by atoms with Gasteiger partial charge in [0.1, 0.15) is 11.6 Å². The van der Waals surface area contributed by atoms with Crippen molar-refractivity contribution in [1.29, 1.82) is 5.26 Å². The Bertz CT molecular complexity index is 881. The summed E-state index contributed by atoms with van der Waals surface area (Å²) in [7, 11) is 0. The van der Waals surface area contributed by atoms with Crippen molar-refractivity contribution in [3.63, 3.8) is 0 Å². The number of hydrogen-bond acceptors (Lipinski definition) is 2. The minimum absolute atomic E-state index is 0.000537. The van der Waals surface area contributed by atoms with E-state index in [4.69, 9.17) is 0 Å². The smallest absolute Gasteiger partial charge is 0.130 e. The Morgan fingerprint density at radius 2 is 1.67 bits per heavy atom. The van der Waals surface area contributed by atoms with Crippen LogP contribution in [0.5, 0.6) is 0 Å². The molecule has 2 aromatic rings. The van der Waals surface area contributed by atoms with Crippen LogP contribution >= 0.6 is 0 Å². The molecule has 3 rings (SSSR count). The fraction of sp³-hybridized carbons (Fsp3) is 0.552.